The van der Waals surface area contributed by atoms with Gasteiger partial charge in [-0.3, -0.25) is 30.3 Å². The number of pyridine rings is 1. The molecule has 2 aromatic heterocycles. The van der Waals surface area contributed by atoms with Crippen LogP contribution in [0.3, 0.4) is 0 Å². The van der Waals surface area contributed by atoms with E-state index in [2.05, 4.69) is 35.3 Å². The van der Waals surface area contributed by atoms with Crippen LogP contribution in [0.2, 0.25) is 0 Å². The Morgan fingerprint density at radius 3 is 1.60 bits per heavy atom. The van der Waals surface area contributed by atoms with Crippen molar-refractivity contribution in [1.82, 2.24) is 4.98 Å². The monoisotopic (exact) mass is 538 g/mol. The van der Waals surface area contributed by atoms with E-state index in [0.717, 1.165) is 33.9 Å². The van der Waals surface area contributed by atoms with Crippen molar-refractivity contribution in [3.05, 3.63) is 140 Å². The van der Waals surface area contributed by atoms with E-state index in [9.17, 15) is 35.4 Å². The first kappa shape index (κ1) is 27.0. The van der Waals surface area contributed by atoms with Gasteiger partial charge in [-0.05, 0) is 29.8 Å². The Morgan fingerprint density at radius 1 is 0.575 bits per heavy atom. The van der Waals surface area contributed by atoms with Crippen molar-refractivity contribution < 1.29 is 24.3 Å². The summed E-state index contributed by atoms with van der Waals surface area (Å²) in [5.41, 5.74) is 0.878. The maximum absolute atomic E-state index is 11.1. The standard InChI is InChI=1S/C22H16NO.C6H3N3O7/c1-3-9-17(10-4-1)19-15-21(18-11-5-2-6-12-18)24-22(16-19)20-13-7-8-14-23-20;10-6-4(8(13)14)1-3(7(11)12)2-5(6)9(15)16/h1-16H;1-2,10H/q+1;/p-1. The van der Waals surface area contributed by atoms with E-state index in [1.165, 1.54) is 0 Å². The van der Waals surface area contributed by atoms with E-state index in [-0.39, 0.29) is 0 Å². The molecule has 0 fully saturated rings. The van der Waals surface area contributed by atoms with Gasteiger partial charge in [0.2, 0.25) is 0 Å². The summed E-state index contributed by atoms with van der Waals surface area (Å²) in [4.78, 5) is 31.9. The van der Waals surface area contributed by atoms with E-state index >= 15 is 0 Å². The van der Waals surface area contributed by atoms with Gasteiger partial charge in [0.25, 0.3) is 17.1 Å². The predicted molar refractivity (Wildman–Crippen MR) is 143 cm³/mol. The van der Waals surface area contributed by atoms with Crippen LogP contribution in [0.5, 0.6) is 5.75 Å². The maximum atomic E-state index is 11.1. The summed E-state index contributed by atoms with van der Waals surface area (Å²) < 4.78 is 6.15. The molecular formula is C28H18N4O8. The molecule has 0 spiro atoms. The van der Waals surface area contributed by atoms with Crippen LogP contribution in [-0.2, 0) is 0 Å². The van der Waals surface area contributed by atoms with Crippen LogP contribution in [0.25, 0.3) is 33.9 Å². The largest absolute Gasteiger partial charge is 0.863 e. The van der Waals surface area contributed by atoms with Crippen molar-refractivity contribution in [2.75, 3.05) is 0 Å². The molecule has 0 radical (unpaired) electrons. The predicted octanol–water partition coefficient (Wildman–Crippen LogP) is 6.44. The van der Waals surface area contributed by atoms with Crippen LogP contribution in [0.4, 0.5) is 17.1 Å². The first-order chi connectivity index (χ1) is 19.2. The number of aromatic nitrogens is 1. The van der Waals surface area contributed by atoms with Gasteiger partial charge in [-0.1, -0.05) is 54.6 Å². The van der Waals surface area contributed by atoms with Crippen LogP contribution in [0.1, 0.15) is 0 Å². The van der Waals surface area contributed by atoms with Gasteiger partial charge in [-0.25, -0.2) is 9.40 Å². The summed E-state index contributed by atoms with van der Waals surface area (Å²) in [6.07, 6.45) is 1.78. The van der Waals surface area contributed by atoms with Gasteiger partial charge in [0.15, 0.2) is 5.69 Å². The smallest absolute Gasteiger partial charge is 0.379 e. The highest BCUT2D eigenvalue weighted by atomic mass is 16.6. The fourth-order valence-electron chi connectivity index (χ4n) is 3.64. The lowest BCUT2D eigenvalue weighted by atomic mass is 10.0. The third-order valence-electron chi connectivity index (χ3n) is 5.51. The minimum absolute atomic E-state index is 0.384. The van der Waals surface area contributed by atoms with Crippen LogP contribution in [-0.4, -0.2) is 19.8 Å². The van der Waals surface area contributed by atoms with Gasteiger partial charge in [0.05, 0.1) is 50.3 Å². The topological polar surface area (TPSA) is 177 Å². The number of rotatable bonds is 6. The maximum Gasteiger partial charge on any atom is 0.379 e. The Hall–Kier alpha value is -6.04. The SMILES string of the molecule is O=[N+]([O-])c1cc([N+](=O)[O-])c([O-])c([N+](=O)[O-])c1.c1ccc(-c2cc(-c3ccccc3)[o+]c(-c3ccccn3)c2)cc1. The van der Waals surface area contributed by atoms with E-state index in [1.54, 1.807) is 6.20 Å². The number of benzene rings is 3. The molecular weight excluding hydrogens is 520 g/mol. The van der Waals surface area contributed by atoms with E-state index < -0.39 is 37.6 Å². The second-order valence-corrected chi connectivity index (χ2v) is 8.11. The fourth-order valence-corrected chi connectivity index (χ4v) is 3.64. The molecule has 5 aromatic rings. The Kier molecular flexibility index (Phi) is 8.10. The van der Waals surface area contributed by atoms with E-state index in [1.807, 2.05) is 60.7 Å². The second-order valence-electron chi connectivity index (χ2n) is 8.11. The first-order valence-corrected chi connectivity index (χ1v) is 11.5. The molecule has 3 aromatic carbocycles. The first-order valence-electron chi connectivity index (χ1n) is 11.5. The highest BCUT2D eigenvalue weighted by Crippen LogP contribution is 2.37. The van der Waals surface area contributed by atoms with E-state index in [4.69, 9.17) is 4.42 Å². The summed E-state index contributed by atoms with van der Waals surface area (Å²) in [5.74, 6) is 0.133. The molecule has 0 atom stereocenters. The number of nitrogens with zero attached hydrogens (tertiary/aromatic N) is 4. The molecule has 0 aliphatic carbocycles. The minimum atomic E-state index is -1.46. The second kappa shape index (κ2) is 12.0. The molecule has 5 rings (SSSR count). The van der Waals surface area contributed by atoms with Crippen molar-refractivity contribution in [2.24, 2.45) is 0 Å². The highest BCUT2D eigenvalue weighted by Gasteiger charge is 2.24. The molecule has 0 saturated carbocycles. The van der Waals surface area contributed by atoms with Crippen molar-refractivity contribution in [1.29, 1.82) is 0 Å². The van der Waals surface area contributed by atoms with Gasteiger partial charge in [0, 0.05) is 11.8 Å². The number of nitro groups is 3. The van der Waals surface area contributed by atoms with Crippen LogP contribution < -0.4 is 5.11 Å². The van der Waals surface area contributed by atoms with Gasteiger partial charge in [0.1, 0.15) is 0 Å². The summed E-state index contributed by atoms with van der Waals surface area (Å²) in [6.45, 7) is 0. The van der Waals surface area contributed by atoms with Crippen molar-refractivity contribution in [3.63, 3.8) is 0 Å². The zero-order chi connectivity index (χ0) is 28.6. The lowest BCUT2D eigenvalue weighted by molar-refractivity contribution is -0.420. The zero-order valence-corrected chi connectivity index (χ0v) is 20.4. The van der Waals surface area contributed by atoms with Crippen molar-refractivity contribution in [2.45, 2.75) is 0 Å². The summed E-state index contributed by atoms with van der Waals surface area (Å²) in [5, 5.41) is 42.1. The molecule has 0 N–H and O–H groups in total. The normalized spacial score (nSPS) is 10.2. The molecule has 0 saturated heterocycles. The Balaban J connectivity index is 0.000000202. The van der Waals surface area contributed by atoms with Gasteiger partial charge in [-0.15, -0.1) is 0 Å². The molecule has 12 nitrogen and oxygen atoms in total. The van der Waals surface area contributed by atoms with Gasteiger partial charge >= 0.3 is 11.5 Å². The Morgan fingerprint density at radius 2 is 1.10 bits per heavy atom. The number of non-ortho nitro benzene ring substituents is 1. The van der Waals surface area contributed by atoms with E-state index in [0.29, 0.717) is 12.1 Å². The van der Waals surface area contributed by atoms with Crippen molar-refractivity contribution >= 4 is 17.1 Å². The lowest BCUT2D eigenvalue weighted by Crippen LogP contribution is -2.04. The summed E-state index contributed by atoms with van der Waals surface area (Å²) >= 11 is 0. The molecule has 0 aliphatic rings. The molecule has 0 bridgehead atoms. The molecule has 40 heavy (non-hydrogen) atoms. The lowest BCUT2D eigenvalue weighted by Gasteiger charge is -2.06. The van der Waals surface area contributed by atoms with Crippen LogP contribution in [0.15, 0.2) is 114 Å². The molecule has 0 aliphatic heterocycles. The average molecular weight is 538 g/mol. The Labute approximate surface area is 225 Å². The molecule has 198 valence electrons. The molecule has 0 unspecified atom stereocenters. The highest BCUT2D eigenvalue weighted by molar-refractivity contribution is 5.73. The third-order valence-corrected chi connectivity index (χ3v) is 5.51. The number of hydrogen-bond donors (Lipinski definition) is 0. The average Bonchev–Trinajstić information content (AvgIpc) is 2.98. The Bertz CT molecular complexity index is 1510. The van der Waals surface area contributed by atoms with Crippen LogP contribution in [0, 0.1) is 30.3 Å². The fraction of sp³-hybridized carbons (Fsp3) is 0. The summed E-state index contributed by atoms with van der Waals surface area (Å²) in [7, 11) is 0. The van der Waals surface area contributed by atoms with Crippen LogP contribution >= 0.6 is 0 Å². The van der Waals surface area contributed by atoms with Gasteiger partial charge < -0.3 is 5.11 Å². The van der Waals surface area contributed by atoms with Gasteiger partial charge in [-0.2, -0.15) is 0 Å². The minimum Gasteiger partial charge on any atom is -0.863 e. The third kappa shape index (κ3) is 6.26. The zero-order valence-electron chi connectivity index (χ0n) is 20.4. The number of nitro benzene ring substituents is 3. The molecule has 12 heteroatoms. The van der Waals surface area contributed by atoms with Crippen molar-refractivity contribution in [3.8, 4) is 39.7 Å². The molecule has 0 amide bonds. The molecule has 2 heterocycles. The summed E-state index contributed by atoms with van der Waals surface area (Å²) in [6, 6.07) is 31.2. The quantitative estimate of drug-likeness (QED) is 0.134. The number of hydrogen-bond acceptors (Lipinski definition) is 8.